The smallest absolute Gasteiger partial charge is 0.191 e. The molecule has 0 amide bonds. The number of nitrogens with one attached hydrogen (secondary N) is 3. The van der Waals surface area contributed by atoms with Crippen LogP contribution in [-0.2, 0) is 13.0 Å². The fraction of sp³-hybridized carbons (Fsp3) is 0.250. The number of benzene rings is 2. The molecule has 1 heterocycles. The Labute approximate surface area is 152 Å². The number of aliphatic imine (C=N–C) groups is 1. The molecule has 1 aromatic heterocycles. The van der Waals surface area contributed by atoms with E-state index in [1.165, 1.54) is 10.9 Å². The number of hydrogen-bond donors (Lipinski definition) is 4. The van der Waals surface area contributed by atoms with E-state index in [-0.39, 0.29) is 5.75 Å². The van der Waals surface area contributed by atoms with Crippen molar-refractivity contribution in [2.24, 2.45) is 4.99 Å². The van der Waals surface area contributed by atoms with Gasteiger partial charge in [0.25, 0.3) is 0 Å². The standard InChI is InChI=1S/C20H24N4O2/c1-21-20(24-13-15-11-16(26-2)7-8-19(15)25)22-10-9-14-12-23-18-6-4-3-5-17(14)18/h3-8,11-12,23,25H,9-10,13H2,1-2H3,(H2,21,22,24). The molecule has 4 N–H and O–H groups in total. The third-order valence-electron chi connectivity index (χ3n) is 4.32. The summed E-state index contributed by atoms with van der Waals surface area (Å²) in [6.45, 7) is 1.21. The Morgan fingerprint density at radius 3 is 2.81 bits per heavy atom. The van der Waals surface area contributed by atoms with Crippen molar-refractivity contribution in [2.75, 3.05) is 20.7 Å². The Kier molecular flexibility index (Phi) is 5.63. The number of aromatic nitrogens is 1. The monoisotopic (exact) mass is 352 g/mol. The van der Waals surface area contributed by atoms with Gasteiger partial charge in [-0.15, -0.1) is 0 Å². The van der Waals surface area contributed by atoms with Crippen LogP contribution in [0.2, 0.25) is 0 Å². The van der Waals surface area contributed by atoms with Crippen LogP contribution in [-0.4, -0.2) is 36.8 Å². The number of guanidine groups is 1. The number of nitrogens with zero attached hydrogens (tertiary/aromatic N) is 1. The summed E-state index contributed by atoms with van der Waals surface area (Å²) in [4.78, 5) is 7.52. The Bertz CT molecular complexity index is 902. The lowest BCUT2D eigenvalue weighted by atomic mass is 10.1. The summed E-state index contributed by atoms with van der Waals surface area (Å²) < 4.78 is 5.20. The highest BCUT2D eigenvalue weighted by atomic mass is 16.5. The third-order valence-corrected chi connectivity index (χ3v) is 4.32. The third kappa shape index (κ3) is 4.08. The van der Waals surface area contributed by atoms with Crippen LogP contribution in [0.25, 0.3) is 10.9 Å². The molecule has 0 radical (unpaired) electrons. The van der Waals surface area contributed by atoms with E-state index in [1.807, 2.05) is 18.2 Å². The van der Waals surface area contributed by atoms with Crippen LogP contribution >= 0.6 is 0 Å². The summed E-state index contributed by atoms with van der Waals surface area (Å²) in [7, 11) is 3.33. The molecule has 136 valence electrons. The number of aromatic hydroxyl groups is 1. The molecule has 0 saturated carbocycles. The highest BCUT2D eigenvalue weighted by Crippen LogP contribution is 2.22. The van der Waals surface area contributed by atoms with E-state index in [4.69, 9.17) is 4.74 Å². The first kappa shape index (κ1) is 17.7. The molecule has 0 spiro atoms. The zero-order valence-electron chi connectivity index (χ0n) is 15.0. The number of methoxy groups -OCH3 is 1. The van der Waals surface area contributed by atoms with E-state index in [1.54, 1.807) is 26.3 Å². The first-order valence-corrected chi connectivity index (χ1v) is 8.56. The first-order chi connectivity index (χ1) is 12.7. The van der Waals surface area contributed by atoms with Gasteiger partial charge in [-0.25, -0.2) is 0 Å². The number of ether oxygens (including phenoxy) is 1. The maximum atomic E-state index is 9.96. The zero-order valence-corrected chi connectivity index (χ0v) is 15.0. The van der Waals surface area contributed by atoms with Crippen LogP contribution < -0.4 is 15.4 Å². The highest BCUT2D eigenvalue weighted by molar-refractivity contribution is 5.83. The molecule has 0 unspecified atom stereocenters. The van der Waals surface area contributed by atoms with E-state index in [9.17, 15) is 5.11 Å². The predicted molar refractivity (Wildman–Crippen MR) is 105 cm³/mol. The summed E-state index contributed by atoms with van der Waals surface area (Å²) in [6, 6.07) is 13.4. The molecule has 0 fully saturated rings. The fourth-order valence-electron chi connectivity index (χ4n) is 2.88. The van der Waals surface area contributed by atoms with Gasteiger partial charge in [0, 0.05) is 42.8 Å². The minimum atomic E-state index is 0.229. The maximum Gasteiger partial charge on any atom is 0.191 e. The Morgan fingerprint density at radius 2 is 2.00 bits per heavy atom. The second-order valence-electron chi connectivity index (χ2n) is 5.96. The number of aromatic amines is 1. The van der Waals surface area contributed by atoms with Gasteiger partial charge in [0.1, 0.15) is 11.5 Å². The lowest BCUT2D eigenvalue weighted by Crippen LogP contribution is -2.37. The predicted octanol–water partition coefficient (Wildman–Crippen LogP) is 2.79. The van der Waals surface area contributed by atoms with Gasteiger partial charge >= 0.3 is 0 Å². The van der Waals surface area contributed by atoms with Crippen molar-refractivity contribution in [3.05, 3.63) is 59.8 Å². The van der Waals surface area contributed by atoms with Crippen molar-refractivity contribution in [3.63, 3.8) is 0 Å². The van der Waals surface area contributed by atoms with Gasteiger partial charge in [0.05, 0.1) is 7.11 Å². The van der Waals surface area contributed by atoms with Crippen molar-refractivity contribution < 1.29 is 9.84 Å². The summed E-state index contributed by atoms with van der Waals surface area (Å²) >= 11 is 0. The summed E-state index contributed by atoms with van der Waals surface area (Å²) in [5.74, 6) is 1.63. The molecule has 0 atom stereocenters. The topological polar surface area (TPSA) is 81.7 Å². The lowest BCUT2D eigenvalue weighted by molar-refractivity contribution is 0.410. The zero-order chi connectivity index (χ0) is 18.4. The summed E-state index contributed by atoms with van der Waals surface area (Å²) in [5, 5.41) is 17.7. The van der Waals surface area contributed by atoms with Gasteiger partial charge in [-0.1, -0.05) is 18.2 Å². The number of rotatable bonds is 6. The number of hydrogen-bond acceptors (Lipinski definition) is 3. The molecule has 0 saturated heterocycles. The number of fused-ring (bicyclic) bond motifs is 1. The maximum absolute atomic E-state index is 9.96. The molecule has 26 heavy (non-hydrogen) atoms. The first-order valence-electron chi connectivity index (χ1n) is 8.56. The minimum Gasteiger partial charge on any atom is -0.508 e. The normalized spacial score (nSPS) is 11.5. The molecule has 6 nitrogen and oxygen atoms in total. The molecular weight excluding hydrogens is 328 g/mol. The average molecular weight is 352 g/mol. The second-order valence-corrected chi connectivity index (χ2v) is 5.96. The molecule has 0 aliphatic rings. The molecule has 6 heteroatoms. The van der Waals surface area contributed by atoms with Crippen molar-refractivity contribution in [3.8, 4) is 11.5 Å². The molecule has 0 bridgehead atoms. The number of H-pyrrole nitrogens is 1. The van der Waals surface area contributed by atoms with Crippen molar-refractivity contribution >= 4 is 16.9 Å². The number of para-hydroxylation sites is 1. The quantitative estimate of drug-likeness (QED) is 0.406. The van der Waals surface area contributed by atoms with Crippen molar-refractivity contribution in [1.82, 2.24) is 15.6 Å². The highest BCUT2D eigenvalue weighted by Gasteiger charge is 2.06. The van der Waals surface area contributed by atoms with Crippen LogP contribution in [0.5, 0.6) is 11.5 Å². The Hall–Kier alpha value is -3.15. The van der Waals surface area contributed by atoms with Crippen LogP contribution in [0.15, 0.2) is 53.7 Å². The van der Waals surface area contributed by atoms with Gasteiger partial charge in [-0.3, -0.25) is 4.99 Å². The Morgan fingerprint density at radius 1 is 1.15 bits per heavy atom. The van der Waals surface area contributed by atoms with Crippen LogP contribution in [0, 0.1) is 0 Å². The van der Waals surface area contributed by atoms with E-state index in [2.05, 4.69) is 38.9 Å². The molecule has 3 aromatic rings. The second kappa shape index (κ2) is 8.29. The van der Waals surface area contributed by atoms with Crippen molar-refractivity contribution in [1.29, 1.82) is 0 Å². The molecule has 2 aromatic carbocycles. The van der Waals surface area contributed by atoms with Crippen LogP contribution in [0.1, 0.15) is 11.1 Å². The average Bonchev–Trinajstić information content (AvgIpc) is 3.09. The van der Waals surface area contributed by atoms with E-state index in [0.717, 1.165) is 24.0 Å². The summed E-state index contributed by atoms with van der Waals surface area (Å²) in [6.07, 6.45) is 2.94. The largest absolute Gasteiger partial charge is 0.508 e. The van der Waals surface area contributed by atoms with E-state index in [0.29, 0.717) is 18.3 Å². The molecule has 0 aliphatic carbocycles. The van der Waals surface area contributed by atoms with Gasteiger partial charge in [0.2, 0.25) is 0 Å². The van der Waals surface area contributed by atoms with Crippen molar-refractivity contribution in [2.45, 2.75) is 13.0 Å². The molecular formula is C20H24N4O2. The number of phenolic OH excluding ortho intramolecular Hbond substituents is 1. The van der Waals surface area contributed by atoms with Gasteiger partial charge in [-0.2, -0.15) is 0 Å². The summed E-state index contributed by atoms with van der Waals surface area (Å²) in [5.41, 5.74) is 3.18. The van der Waals surface area contributed by atoms with Gasteiger partial charge in [0.15, 0.2) is 5.96 Å². The fourth-order valence-corrected chi connectivity index (χ4v) is 2.88. The minimum absolute atomic E-state index is 0.229. The lowest BCUT2D eigenvalue weighted by Gasteiger charge is -2.13. The SMILES string of the molecule is CN=C(NCCc1c[nH]c2ccccc12)NCc1cc(OC)ccc1O. The van der Waals surface area contributed by atoms with E-state index >= 15 is 0 Å². The Balaban J connectivity index is 1.54. The number of phenols is 1. The van der Waals surface area contributed by atoms with Crippen LogP contribution in [0.4, 0.5) is 0 Å². The molecule has 3 rings (SSSR count). The van der Waals surface area contributed by atoms with Gasteiger partial charge < -0.3 is 25.5 Å². The van der Waals surface area contributed by atoms with E-state index < -0.39 is 0 Å². The van der Waals surface area contributed by atoms with Gasteiger partial charge in [-0.05, 0) is 36.2 Å². The van der Waals surface area contributed by atoms with Crippen LogP contribution in [0.3, 0.4) is 0 Å². The molecule has 0 aliphatic heterocycles.